The highest BCUT2D eigenvalue weighted by molar-refractivity contribution is 5.80. The van der Waals surface area contributed by atoms with Crippen molar-refractivity contribution < 1.29 is 4.39 Å². The van der Waals surface area contributed by atoms with Crippen LogP contribution in [-0.2, 0) is 6.42 Å². The second-order valence-electron chi connectivity index (χ2n) is 5.25. The van der Waals surface area contributed by atoms with Gasteiger partial charge in [-0.25, -0.2) is 4.39 Å². The molecule has 0 unspecified atom stereocenters. The van der Waals surface area contributed by atoms with E-state index in [0.717, 1.165) is 24.5 Å². The number of hydrogen-bond acceptors (Lipinski definition) is 1. The van der Waals surface area contributed by atoms with E-state index in [4.69, 9.17) is 0 Å². The standard InChI is InChI=1S/C14H22FN3/c1-14(2,3)18-13(16-4)17-9-8-11-6-5-7-12(15)10-11/h5-7,10H,8-9H2,1-4H3,(H2,16,17,18). The lowest BCUT2D eigenvalue weighted by atomic mass is 10.1. The van der Waals surface area contributed by atoms with Crippen LogP contribution in [0.15, 0.2) is 29.3 Å². The molecule has 0 aromatic heterocycles. The lowest BCUT2D eigenvalue weighted by Crippen LogP contribution is -2.48. The average molecular weight is 251 g/mol. The minimum Gasteiger partial charge on any atom is -0.356 e. The summed E-state index contributed by atoms with van der Waals surface area (Å²) >= 11 is 0. The van der Waals surface area contributed by atoms with Gasteiger partial charge in [0.15, 0.2) is 5.96 Å². The highest BCUT2D eigenvalue weighted by atomic mass is 19.1. The summed E-state index contributed by atoms with van der Waals surface area (Å²) in [7, 11) is 1.74. The number of hydrogen-bond donors (Lipinski definition) is 2. The Morgan fingerprint density at radius 3 is 2.61 bits per heavy atom. The molecule has 0 atom stereocenters. The third-order valence-corrected chi connectivity index (χ3v) is 2.31. The van der Waals surface area contributed by atoms with Crippen LogP contribution < -0.4 is 10.6 Å². The Balaban J connectivity index is 2.41. The first-order valence-corrected chi connectivity index (χ1v) is 6.14. The minimum absolute atomic E-state index is 0.0271. The molecule has 0 saturated carbocycles. The molecule has 0 radical (unpaired) electrons. The number of benzene rings is 1. The van der Waals surface area contributed by atoms with Crippen molar-refractivity contribution in [1.29, 1.82) is 0 Å². The van der Waals surface area contributed by atoms with Crippen molar-refractivity contribution in [1.82, 2.24) is 10.6 Å². The van der Waals surface area contributed by atoms with Crippen molar-refractivity contribution in [2.75, 3.05) is 13.6 Å². The Labute approximate surface area is 109 Å². The molecule has 4 heteroatoms. The van der Waals surface area contributed by atoms with E-state index < -0.39 is 0 Å². The Hall–Kier alpha value is -1.58. The monoisotopic (exact) mass is 251 g/mol. The van der Waals surface area contributed by atoms with E-state index in [1.54, 1.807) is 19.2 Å². The zero-order valence-corrected chi connectivity index (χ0v) is 11.5. The quantitative estimate of drug-likeness (QED) is 0.639. The van der Waals surface area contributed by atoms with E-state index in [-0.39, 0.29) is 11.4 Å². The molecule has 100 valence electrons. The van der Waals surface area contributed by atoms with Gasteiger partial charge >= 0.3 is 0 Å². The van der Waals surface area contributed by atoms with E-state index in [9.17, 15) is 4.39 Å². The maximum atomic E-state index is 13.0. The maximum Gasteiger partial charge on any atom is 0.191 e. The minimum atomic E-state index is -0.190. The first-order chi connectivity index (χ1) is 8.40. The van der Waals surface area contributed by atoms with Gasteiger partial charge in [-0.1, -0.05) is 12.1 Å². The summed E-state index contributed by atoms with van der Waals surface area (Å²) < 4.78 is 13.0. The predicted molar refractivity (Wildman–Crippen MR) is 74.4 cm³/mol. The summed E-state index contributed by atoms with van der Waals surface area (Å²) in [5, 5.41) is 6.48. The molecular formula is C14H22FN3. The third kappa shape index (κ3) is 5.66. The van der Waals surface area contributed by atoms with Gasteiger partial charge in [0.1, 0.15) is 5.82 Å². The lowest BCUT2D eigenvalue weighted by molar-refractivity contribution is 0.501. The topological polar surface area (TPSA) is 36.4 Å². The fourth-order valence-corrected chi connectivity index (χ4v) is 1.55. The van der Waals surface area contributed by atoms with Gasteiger partial charge in [0.2, 0.25) is 0 Å². The highest BCUT2D eigenvalue weighted by Gasteiger charge is 2.11. The Morgan fingerprint density at radius 2 is 2.06 bits per heavy atom. The van der Waals surface area contributed by atoms with Crippen LogP contribution in [0.1, 0.15) is 26.3 Å². The number of halogens is 1. The summed E-state index contributed by atoms with van der Waals surface area (Å²) in [4.78, 5) is 4.14. The number of guanidine groups is 1. The lowest BCUT2D eigenvalue weighted by Gasteiger charge is -2.23. The summed E-state index contributed by atoms with van der Waals surface area (Å²) in [6, 6.07) is 6.66. The third-order valence-electron chi connectivity index (χ3n) is 2.31. The number of nitrogens with zero attached hydrogens (tertiary/aromatic N) is 1. The second kappa shape index (κ2) is 6.38. The van der Waals surface area contributed by atoms with Crippen LogP contribution in [0.3, 0.4) is 0 Å². The van der Waals surface area contributed by atoms with Gasteiger partial charge in [-0.15, -0.1) is 0 Å². The molecule has 3 nitrogen and oxygen atoms in total. The molecule has 0 aliphatic carbocycles. The van der Waals surface area contributed by atoms with E-state index >= 15 is 0 Å². The second-order valence-corrected chi connectivity index (χ2v) is 5.25. The van der Waals surface area contributed by atoms with Crippen LogP contribution in [0.2, 0.25) is 0 Å². The molecule has 1 aromatic carbocycles. The first kappa shape index (κ1) is 14.5. The Morgan fingerprint density at radius 1 is 1.33 bits per heavy atom. The van der Waals surface area contributed by atoms with Crippen molar-refractivity contribution in [2.45, 2.75) is 32.7 Å². The molecule has 2 N–H and O–H groups in total. The molecule has 0 heterocycles. The van der Waals surface area contributed by atoms with Crippen molar-refractivity contribution in [3.63, 3.8) is 0 Å². The molecule has 1 rings (SSSR count). The zero-order valence-electron chi connectivity index (χ0n) is 11.5. The van der Waals surface area contributed by atoms with Gasteiger partial charge in [-0.2, -0.15) is 0 Å². The molecule has 1 aromatic rings. The normalized spacial score (nSPS) is 12.4. The van der Waals surface area contributed by atoms with Crippen LogP contribution in [0.5, 0.6) is 0 Å². The van der Waals surface area contributed by atoms with E-state index in [1.807, 2.05) is 6.07 Å². The fraction of sp³-hybridized carbons (Fsp3) is 0.500. The van der Waals surface area contributed by atoms with Crippen LogP contribution in [-0.4, -0.2) is 25.1 Å². The largest absolute Gasteiger partial charge is 0.356 e. The Bertz CT molecular complexity index is 408. The average Bonchev–Trinajstić information content (AvgIpc) is 2.26. The van der Waals surface area contributed by atoms with Crippen molar-refractivity contribution >= 4 is 5.96 Å². The molecule has 0 aliphatic rings. The van der Waals surface area contributed by atoms with Gasteiger partial charge < -0.3 is 10.6 Å². The van der Waals surface area contributed by atoms with E-state index in [2.05, 4.69) is 36.4 Å². The SMILES string of the molecule is CN=C(NCCc1cccc(F)c1)NC(C)(C)C. The molecule has 0 fully saturated rings. The van der Waals surface area contributed by atoms with Gasteiger partial charge in [-0.3, -0.25) is 4.99 Å². The smallest absolute Gasteiger partial charge is 0.191 e. The maximum absolute atomic E-state index is 13.0. The van der Waals surface area contributed by atoms with Crippen molar-refractivity contribution in [3.05, 3.63) is 35.6 Å². The summed E-state index contributed by atoms with van der Waals surface area (Å²) in [5.74, 6) is 0.573. The van der Waals surface area contributed by atoms with Crippen LogP contribution >= 0.6 is 0 Å². The first-order valence-electron chi connectivity index (χ1n) is 6.14. The van der Waals surface area contributed by atoms with Crippen LogP contribution in [0, 0.1) is 5.82 Å². The highest BCUT2D eigenvalue weighted by Crippen LogP contribution is 2.03. The molecule has 18 heavy (non-hydrogen) atoms. The number of aliphatic imine (C=N–C) groups is 1. The summed E-state index contributed by atoms with van der Waals surface area (Å²) in [5.41, 5.74) is 0.953. The number of rotatable bonds is 3. The molecule has 0 aliphatic heterocycles. The molecule has 0 amide bonds. The van der Waals surface area contributed by atoms with E-state index in [1.165, 1.54) is 6.07 Å². The van der Waals surface area contributed by atoms with Crippen molar-refractivity contribution in [2.24, 2.45) is 4.99 Å². The molecular weight excluding hydrogens is 229 g/mol. The van der Waals surface area contributed by atoms with Crippen molar-refractivity contribution in [3.8, 4) is 0 Å². The van der Waals surface area contributed by atoms with Gasteiger partial charge in [0.25, 0.3) is 0 Å². The van der Waals surface area contributed by atoms with Gasteiger partial charge in [0.05, 0.1) is 0 Å². The summed E-state index contributed by atoms with van der Waals surface area (Å²) in [6.07, 6.45) is 0.766. The van der Waals surface area contributed by atoms with E-state index in [0.29, 0.717) is 0 Å². The number of nitrogens with one attached hydrogen (secondary N) is 2. The molecule has 0 bridgehead atoms. The van der Waals surface area contributed by atoms with Crippen LogP contribution in [0.25, 0.3) is 0 Å². The Kier molecular flexibility index (Phi) is 5.13. The molecule has 0 spiro atoms. The summed E-state index contributed by atoms with van der Waals surface area (Å²) in [6.45, 7) is 6.95. The fourth-order valence-electron chi connectivity index (χ4n) is 1.55. The molecule has 0 saturated heterocycles. The zero-order chi connectivity index (χ0) is 13.6. The van der Waals surface area contributed by atoms with Crippen LogP contribution in [0.4, 0.5) is 4.39 Å². The predicted octanol–water partition coefficient (Wildman–Crippen LogP) is 2.33. The van der Waals surface area contributed by atoms with Gasteiger partial charge in [0, 0.05) is 19.1 Å². The van der Waals surface area contributed by atoms with Gasteiger partial charge in [-0.05, 0) is 44.9 Å².